The molecule has 108 valence electrons. The van der Waals surface area contributed by atoms with Gasteiger partial charge < -0.3 is 20.9 Å². The van der Waals surface area contributed by atoms with Gasteiger partial charge in [-0.3, -0.25) is 0 Å². The molecule has 0 saturated heterocycles. The van der Waals surface area contributed by atoms with Crippen LogP contribution in [0.5, 0.6) is 5.88 Å². The molecule has 0 amide bonds. The quantitative estimate of drug-likeness (QED) is 0.764. The van der Waals surface area contributed by atoms with Crippen molar-refractivity contribution in [2.24, 2.45) is 0 Å². The first-order chi connectivity index (χ1) is 8.63. The van der Waals surface area contributed by atoms with Crippen molar-refractivity contribution in [1.29, 1.82) is 0 Å². The van der Waals surface area contributed by atoms with Crippen molar-refractivity contribution in [3.63, 3.8) is 0 Å². The van der Waals surface area contributed by atoms with E-state index in [1.165, 1.54) is 12.1 Å². The number of nitrogens with two attached hydrogens (primary N) is 1. The Hall–Kier alpha value is -1.63. The summed E-state index contributed by atoms with van der Waals surface area (Å²) in [4.78, 5) is 4.02. The van der Waals surface area contributed by atoms with Crippen LogP contribution in [0.15, 0.2) is 12.1 Å². The number of nitrogen functional groups attached to an aromatic ring is 1. The first-order valence-corrected chi connectivity index (χ1v) is 5.81. The third-order valence-corrected chi connectivity index (χ3v) is 2.05. The smallest absolute Gasteiger partial charge is 0.287 e. The minimum Gasteiger partial charge on any atom is -0.470 e. The third-order valence-electron chi connectivity index (χ3n) is 2.05. The average molecular weight is 275 g/mol. The molecule has 0 saturated carbocycles. The molecule has 0 atom stereocenters. The zero-order valence-corrected chi connectivity index (χ0v) is 11.2. The van der Waals surface area contributed by atoms with Gasteiger partial charge in [0.05, 0.1) is 12.2 Å². The van der Waals surface area contributed by atoms with E-state index in [0.29, 0.717) is 5.69 Å². The molecule has 0 aromatic carbocycles. The number of ether oxygens (including phenoxy) is 1. The number of aliphatic hydroxyl groups excluding tert-OH is 1. The zero-order valence-electron chi connectivity index (χ0n) is 11.2. The van der Waals surface area contributed by atoms with E-state index in [4.69, 9.17) is 15.6 Å². The number of pyridine rings is 1. The molecule has 0 aliphatic heterocycles. The topological polar surface area (TPSA) is 80.4 Å². The lowest BCUT2D eigenvalue weighted by Crippen LogP contribution is -2.31. The molecule has 0 aliphatic carbocycles. The summed E-state index contributed by atoms with van der Waals surface area (Å²) in [6.45, 7) is 3.55. The van der Waals surface area contributed by atoms with E-state index in [2.05, 4.69) is 10.3 Å². The highest BCUT2D eigenvalue weighted by atomic mass is 19.3. The van der Waals surface area contributed by atoms with E-state index >= 15 is 0 Å². The average Bonchev–Trinajstić information content (AvgIpc) is 2.28. The Labute approximate surface area is 110 Å². The number of hydrogen-bond acceptors (Lipinski definition) is 5. The minimum absolute atomic E-state index is 0.185. The molecule has 0 bridgehead atoms. The van der Waals surface area contributed by atoms with Gasteiger partial charge in [-0.05, 0) is 32.9 Å². The predicted molar refractivity (Wildman–Crippen MR) is 69.6 cm³/mol. The molecule has 7 heteroatoms. The molecule has 19 heavy (non-hydrogen) atoms. The molecule has 1 heterocycles. The third kappa shape index (κ3) is 5.25. The van der Waals surface area contributed by atoms with Crippen molar-refractivity contribution in [1.82, 2.24) is 4.98 Å². The molecule has 4 N–H and O–H groups in total. The van der Waals surface area contributed by atoms with Gasteiger partial charge in [0.2, 0.25) is 5.88 Å². The molecule has 1 aromatic heterocycles. The summed E-state index contributed by atoms with van der Waals surface area (Å²) in [5, 5.41) is 10.9. The number of rotatable bonds is 5. The van der Waals surface area contributed by atoms with Crippen LogP contribution in [0.3, 0.4) is 0 Å². The van der Waals surface area contributed by atoms with Gasteiger partial charge in [0.25, 0.3) is 5.92 Å². The van der Waals surface area contributed by atoms with Crippen LogP contribution in [0, 0.1) is 0 Å². The molecule has 0 spiro atoms. The van der Waals surface area contributed by atoms with Crippen LogP contribution in [0.25, 0.3) is 0 Å². The zero-order chi connectivity index (χ0) is 14.7. The number of alkyl halides is 2. The SMILES string of the molecule is CC(C)(C)Oc1nc(NCC(F)(F)CO)ccc1N. The van der Waals surface area contributed by atoms with E-state index in [0.717, 1.165) is 0 Å². The van der Waals surface area contributed by atoms with Gasteiger partial charge in [-0.2, -0.15) is 4.98 Å². The fraction of sp³-hybridized carbons (Fsp3) is 0.583. The summed E-state index contributed by atoms with van der Waals surface area (Å²) in [5.41, 5.74) is 5.54. The van der Waals surface area contributed by atoms with E-state index in [9.17, 15) is 8.78 Å². The Bertz CT molecular complexity index is 433. The fourth-order valence-corrected chi connectivity index (χ4v) is 1.20. The largest absolute Gasteiger partial charge is 0.470 e. The number of anilines is 2. The van der Waals surface area contributed by atoms with Crippen molar-refractivity contribution in [2.45, 2.75) is 32.3 Å². The summed E-state index contributed by atoms with van der Waals surface area (Å²) in [6, 6.07) is 2.99. The fourth-order valence-electron chi connectivity index (χ4n) is 1.20. The molecule has 0 unspecified atom stereocenters. The lowest BCUT2D eigenvalue weighted by atomic mass is 10.2. The maximum absolute atomic E-state index is 12.9. The second-order valence-corrected chi connectivity index (χ2v) is 5.17. The highest BCUT2D eigenvalue weighted by molar-refractivity contribution is 5.53. The van der Waals surface area contributed by atoms with Crippen LogP contribution < -0.4 is 15.8 Å². The molecular formula is C12H19F2N3O2. The van der Waals surface area contributed by atoms with Gasteiger partial charge in [0.1, 0.15) is 18.0 Å². The Morgan fingerprint density at radius 3 is 2.53 bits per heavy atom. The molecule has 0 aliphatic rings. The maximum Gasteiger partial charge on any atom is 0.287 e. The normalized spacial score (nSPS) is 12.3. The Balaban J connectivity index is 2.79. The summed E-state index contributed by atoms with van der Waals surface area (Å²) < 4.78 is 31.3. The van der Waals surface area contributed by atoms with Crippen molar-refractivity contribution >= 4 is 11.5 Å². The highest BCUT2D eigenvalue weighted by Crippen LogP contribution is 2.25. The molecule has 0 fully saturated rings. The highest BCUT2D eigenvalue weighted by Gasteiger charge is 2.27. The van der Waals surface area contributed by atoms with Gasteiger partial charge in [-0.1, -0.05) is 0 Å². The number of hydrogen-bond donors (Lipinski definition) is 3. The van der Waals surface area contributed by atoms with Gasteiger partial charge >= 0.3 is 0 Å². The van der Waals surface area contributed by atoms with Crippen molar-refractivity contribution in [3.05, 3.63) is 12.1 Å². The summed E-state index contributed by atoms with van der Waals surface area (Å²) in [5.74, 6) is -2.81. The minimum atomic E-state index is -3.20. The van der Waals surface area contributed by atoms with Gasteiger partial charge in [0.15, 0.2) is 0 Å². The van der Waals surface area contributed by atoms with Crippen LogP contribution in [0.4, 0.5) is 20.3 Å². The Morgan fingerprint density at radius 2 is 2.00 bits per heavy atom. The summed E-state index contributed by atoms with van der Waals surface area (Å²) >= 11 is 0. The molecule has 5 nitrogen and oxygen atoms in total. The van der Waals surface area contributed by atoms with Crippen molar-refractivity contribution in [3.8, 4) is 5.88 Å². The van der Waals surface area contributed by atoms with Gasteiger partial charge in [-0.15, -0.1) is 0 Å². The van der Waals surface area contributed by atoms with Crippen LogP contribution >= 0.6 is 0 Å². The number of aromatic nitrogens is 1. The first-order valence-electron chi connectivity index (χ1n) is 5.81. The van der Waals surface area contributed by atoms with E-state index in [1.54, 1.807) is 0 Å². The van der Waals surface area contributed by atoms with Gasteiger partial charge in [0, 0.05) is 0 Å². The van der Waals surface area contributed by atoms with Crippen LogP contribution in [-0.4, -0.2) is 34.8 Å². The number of aliphatic hydroxyl groups is 1. The van der Waals surface area contributed by atoms with Crippen molar-refractivity contribution < 1.29 is 18.6 Å². The van der Waals surface area contributed by atoms with Crippen LogP contribution in [-0.2, 0) is 0 Å². The van der Waals surface area contributed by atoms with E-state index in [-0.39, 0.29) is 11.7 Å². The summed E-state index contributed by atoms with van der Waals surface area (Å²) in [7, 11) is 0. The van der Waals surface area contributed by atoms with Crippen LogP contribution in [0.1, 0.15) is 20.8 Å². The van der Waals surface area contributed by atoms with E-state index in [1.807, 2.05) is 20.8 Å². The second-order valence-electron chi connectivity index (χ2n) is 5.17. The van der Waals surface area contributed by atoms with Crippen LogP contribution in [0.2, 0.25) is 0 Å². The molecule has 1 rings (SSSR count). The lowest BCUT2D eigenvalue weighted by Gasteiger charge is -2.22. The Kier molecular flexibility index (Phi) is 4.52. The molecule has 1 aromatic rings. The predicted octanol–water partition coefficient (Wildman–Crippen LogP) is 1.88. The number of nitrogens with one attached hydrogen (secondary N) is 1. The maximum atomic E-state index is 12.9. The Morgan fingerprint density at radius 1 is 1.37 bits per heavy atom. The van der Waals surface area contributed by atoms with E-state index < -0.39 is 24.7 Å². The molecular weight excluding hydrogens is 256 g/mol. The monoisotopic (exact) mass is 275 g/mol. The molecule has 0 radical (unpaired) electrons. The second kappa shape index (κ2) is 5.56. The number of halogens is 2. The van der Waals surface area contributed by atoms with Crippen molar-refractivity contribution in [2.75, 3.05) is 24.2 Å². The number of nitrogens with zero attached hydrogens (tertiary/aromatic N) is 1. The summed E-state index contributed by atoms with van der Waals surface area (Å²) in [6.07, 6.45) is 0. The lowest BCUT2D eigenvalue weighted by molar-refractivity contribution is -0.0373. The first kappa shape index (κ1) is 15.4. The van der Waals surface area contributed by atoms with Gasteiger partial charge in [-0.25, -0.2) is 8.78 Å². The standard InChI is InChI=1S/C12H19F2N3O2/c1-11(2,3)19-10-8(15)4-5-9(17-10)16-6-12(13,14)7-18/h4-5,18H,6-7,15H2,1-3H3,(H,16,17).